The zero-order chi connectivity index (χ0) is 6.57. The minimum absolute atomic E-state index is 0.428. The van der Waals surface area contributed by atoms with Crippen LogP contribution in [0.15, 0.2) is 12.3 Å². The molecule has 0 amide bonds. The van der Waals surface area contributed by atoms with Gasteiger partial charge in [-0.2, -0.15) is 0 Å². The number of nitrogens with two attached hydrogens (primary N) is 1. The van der Waals surface area contributed by atoms with Gasteiger partial charge >= 0.3 is 0 Å². The Kier molecular flexibility index (Phi) is 3.18. The molecular formula is C4H11N3O. The molecule has 0 saturated carbocycles. The molecule has 3 N–H and O–H groups in total. The van der Waals surface area contributed by atoms with E-state index in [1.165, 1.54) is 0 Å². The molecule has 1 atom stereocenters. The number of rotatable bonds is 3. The van der Waals surface area contributed by atoms with Gasteiger partial charge in [0.15, 0.2) is 5.76 Å². The Bertz CT molecular complexity index is 83.4. The zero-order valence-electron chi connectivity index (χ0n) is 5.14. The lowest BCUT2D eigenvalue weighted by Crippen LogP contribution is -3.04. The number of hydrogen-bond donors (Lipinski definition) is 2. The van der Waals surface area contributed by atoms with Crippen molar-refractivity contribution in [1.82, 2.24) is 0 Å². The fraction of sp³-hybridized carbons (Fsp3) is 0.500. The number of quaternary nitrogens is 1. The Morgan fingerprint density at radius 3 is 2.50 bits per heavy atom. The van der Waals surface area contributed by atoms with Gasteiger partial charge < -0.3 is 16.2 Å². The SMILES string of the molecule is C=C(C)O[NH+](C)[N-]N. The van der Waals surface area contributed by atoms with Crippen LogP contribution in [0.1, 0.15) is 6.92 Å². The molecule has 0 fully saturated rings. The second-order valence-corrected chi connectivity index (χ2v) is 1.45. The largest absolute Gasteiger partial charge is 0.387 e. The first-order chi connectivity index (χ1) is 3.66. The lowest BCUT2D eigenvalue weighted by Gasteiger charge is -2.20. The lowest BCUT2D eigenvalue weighted by molar-refractivity contribution is -1.04. The summed E-state index contributed by atoms with van der Waals surface area (Å²) in [4.78, 5) is 4.83. The van der Waals surface area contributed by atoms with Gasteiger partial charge in [-0.25, -0.2) is 5.17 Å². The minimum atomic E-state index is 0.428. The maximum Gasteiger partial charge on any atom is 0.155 e. The van der Waals surface area contributed by atoms with Crippen molar-refractivity contribution in [2.75, 3.05) is 7.05 Å². The molecule has 0 spiro atoms. The van der Waals surface area contributed by atoms with Gasteiger partial charge in [0.1, 0.15) is 0 Å². The normalized spacial score (nSPS) is 12.9. The second-order valence-electron chi connectivity index (χ2n) is 1.45. The van der Waals surface area contributed by atoms with Crippen LogP contribution >= 0.6 is 0 Å². The maximum atomic E-state index is 4.84. The molecule has 0 aliphatic rings. The molecule has 0 aromatic heterocycles. The molecule has 0 aliphatic carbocycles. The Morgan fingerprint density at radius 2 is 2.38 bits per heavy atom. The third-order valence-corrected chi connectivity index (χ3v) is 0.504. The fourth-order valence-electron chi connectivity index (χ4n) is 0.279. The highest BCUT2D eigenvalue weighted by atomic mass is 16.7. The van der Waals surface area contributed by atoms with Crippen LogP contribution in [-0.2, 0) is 4.84 Å². The van der Waals surface area contributed by atoms with E-state index in [0.717, 1.165) is 0 Å². The van der Waals surface area contributed by atoms with Crippen molar-refractivity contribution in [2.45, 2.75) is 6.92 Å². The summed E-state index contributed by atoms with van der Waals surface area (Å²) in [7, 11) is 1.66. The summed E-state index contributed by atoms with van der Waals surface area (Å²) >= 11 is 0. The number of nitrogens with one attached hydrogen (secondary N) is 1. The van der Waals surface area contributed by atoms with E-state index in [2.05, 4.69) is 12.1 Å². The van der Waals surface area contributed by atoms with Gasteiger partial charge in [-0.05, 0) is 6.92 Å². The molecule has 0 saturated heterocycles. The quantitative estimate of drug-likeness (QED) is 0.287. The molecule has 0 radical (unpaired) electrons. The summed E-state index contributed by atoms with van der Waals surface area (Å²) in [5, 5.41) is 0.428. The third kappa shape index (κ3) is 3.60. The molecule has 4 nitrogen and oxygen atoms in total. The van der Waals surface area contributed by atoms with Crippen molar-refractivity contribution in [3.8, 4) is 0 Å². The molecular weight excluding hydrogens is 106 g/mol. The van der Waals surface area contributed by atoms with E-state index < -0.39 is 0 Å². The summed E-state index contributed by atoms with van der Waals surface area (Å²) in [6.45, 7) is 5.22. The van der Waals surface area contributed by atoms with E-state index in [4.69, 9.17) is 10.7 Å². The number of nitrogens with zero attached hydrogens (tertiary/aromatic N) is 1. The molecule has 0 rings (SSSR count). The van der Waals surface area contributed by atoms with Crippen LogP contribution < -0.4 is 11.0 Å². The van der Waals surface area contributed by atoms with Crippen LogP contribution in [0, 0.1) is 0 Å². The molecule has 0 aromatic carbocycles. The first-order valence-electron chi connectivity index (χ1n) is 2.24. The van der Waals surface area contributed by atoms with Crippen LogP contribution in [0.4, 0.5) is 0 Å². The van der Waals surface area contributed by atoms with E-state index in [1.807, 2.05) is 0 Å². The summed E-state index contributed by atoms with van der Waals surface area (Å²) in [6, 6.07) is 0. The van der Waals surface area contributed by atoms with Crippen molar-refractivity contribution < 1.29 is 10.0 Å². The number of hydroxylamine groups is 1. The topological polar surface area (TPSA) is 53.8 Å². The van der Waals surface area contributed by atoms with Crippen molar-refractivity contribution in [3.05, 3.63) is 17.9 Å². The van der Waals surface area contributed by atoms with E-state index in [-0.39, 0.29) is 0 Å². The Labute approximate surface area is 48.8 Å². The van der Waals surface area contributed by atoms with E-state index in [1.54, 1.807) is 14.0 Å². The fourth-order valence-corrected chi connectivity index (χ4v) is 0.279. The van der Waals surface area contributed by atoms with Gasteiger partial charge in [-0.3, -0.25) is 0 Å². The van der Waals surface area contributed by atoms with Crippen molar-refractivity contribution >= 4 is 0 Å². The molecule has 0 heterocycles. The van der Waals surface area contributed by atoms with Gasteiger partial charge in [0.2, 0.25) is 0 Å². The van der Waals surface area contributed by atoms with Gasteiger partial charge in [0.05, 0.1) is 7.05 Å². The molecule has 0 aromatic rings. The van der Waals surface area contributed by atoms with Gasteiger partial charge in [0, 0.05) is 0 Å². The predicted octanol–water partition coefficient (Wildman–Crippen LogP) is -0.871. The summed E-state index contributed by atoms with van der Waals surface area (Å²) in [6.07, 6.45) is 0. The highest BCUT2D eigenvalue weighted by Gasteiger charge is 1.86. The minimum Gasteiger partial charge on any atom is -0.387 e. The average Bonchev–Trinajstić information content (AvgIpc) is 1.65. The molecule has 1 unspecified atom stereocenters. The zero-order valence-corrected chi connectivity index (χ0v) is 5.14. The summed E-state index contributed by atoms with van der Waals surface area (Å²) in [5.41, 5.74) is 3.26. The predicted molar refractivity (Wildman–Crippen MR) is 30.3 cm³/mol. The second kappa shape index (κ2) is 3.43. The summed E-state index contributed by atoms with van der Waals surface area (Å²) in [5.74, 6) is 5.44. The van der Waals surface area contributed by atoms with Crippen LogP contribution in [0.5, 0.6) is 0 Å². The smallest absolute Gasteiger partial charge is 0.155 e. The summed E-state index contributed by atoms with van der Waals surface area (Å²) < 4.78 is 0. The number of allylic oxidation sites excluding steroid dienone is 1. The van der Waals surface area contributed by atoms with E-state index in [0.29, 0.717) is 10.9 Å². The Balaban J connectivity index is 3.24. The van der Waals surface area contributed by atoms with E-state index in [9.17, 15) is 0 Å². The van der Waals surface area contributed by atoms with Crippen molar-refractivity contribution in [3.63, 3.8) is 0 Å². The van der Waals surface area contributed by atoms with Crippen LogP contribution in [0.3, 0.4) is 0 Å². The monoisotopic (exact) mass is 117 g/mol. The van der Waals surface area contributed by atoms with Gasteiger partial charge in [0.25, 0.3) is 0 Å². The molecule has 8 heavy (non-hydrogen) atoms. The Morgan fingerprint density at radius 1 is 1.88 bits per heavy atom. The average molecular weight is 117 g/mol. The van der Waals surface area contributed by atoms with E-state index >= 15 is 0 Å². The molecule has 0 bridgehead atoms. The maximum absolute atomic E-state index is 4.84. The number of hydrogen-bond acceptors (Lipinski definition) is 2. The van der Waals surface area contributed by atoms with Gasteiger partial charge in [-0.1, -0.05) is 6.58 Å². The van der Waals surface area contributed by atoms with Gasteiger partial charge in [-0.15, -0.1) is 0 Å². The van der Waals surface area contributed by atoms with Crippen molar-refractivity contribution in [1.29, 1.82) is 0 Å². The molecule has 48 valence electrons. The molecule has 4 heteroatoms. The standard InChI is InChI=1S/C4H11N3O/c1-4(2)8-7(3)6-5/h7H,1,5H2,2-3H3. The van der Waals surface area contributed by atoms with Crippen molar-refractivity contribution in [2.24, 2.45) is 5.84 Å². The van der Waals surface area contributed by atoms with Crippen LogP contribution in [-0.4, -0.2) is 7.05 Å². The third-order valence-electron chi connectivity index (χ3n) is 0.504. The first-order valence-corrected chi connectivity index (χ1v) is 2.24. The van der Waals surface area contributed by atoms with Crippen LogP contribution in [0.2, 0.25) is 0 Å². The highest BCUT2D eigenvalue weighted by Crippen LogP contribution is 1.78. The molecule has 0 aliphatic heterocycles. The Hall–Kier alpha value is -0.580. The lowest BCUT2D eigenvalue weighted by atomic mass is 10.7. The first kappa shape index (κ1) is 7.42. The van der Waals surface area contributed by atoms with Crippen LogP contribution in [0.25, 0.3) is 5.53 Å². The highest BCUT2D eigenvalue weighted by molar-refractivity contribution is 4.70.